The minimum Gasteiger partial charge on any atom is -0.477 e. The fourth-order valence-electron chi connectivity index (χ4n) is 1.92. The highest BCUT2D eigenvalue weighted by molar-refractivity contribution is 6.31. The first-order valence-electron chi connectivity index (χ1n) is 6.68. The standard InChI is InChI=1S/C15H9Cl2N3O4/c16-10-3-1-9(2-4-10)15-19-18-14(24-15)8-23-13-6-5-11(17)7-12(13)20(21)22/h1-7H,8H2. The zero-order valence-corrected chi connectivity index (χ0v) is 13.5. The molecular weight excluding hydrogens is 357 g/mol. The average Bonchev–Trinajstić information content (AvgIpc) is 3.03. The van der Waals surface area contributed by atoms with Gasteiger partial charge >= 0.3 is 5.69 Å². The van der Waals surface area contributed by atoms with Crippen molar-refractivity contribution in [2.24, 2.45) is 0 Å². The molecular formula is C15H9Cl2N3O4. The van der Waals surface area contributed by atoms with E-state index in [0.717, 1.165) is 0 Å². The van der Waals surface area contributed by atoms with Gasteiger partial charge < -0.3 is 9.15 Å². The van der Waals surface area contributed by atoms with Crippen LogP contribution in [0, 0.1) is 10.1 Å². The molecule has 0 radical (unpaired) electrons. The number of nitro groups is 1. The van der Waals surface area contributed by atoms with Crippen LogP contribution < -0.4 is 4.74 Å². The molecule has 0 bridgehead atoms. The summed E-state index contributed by atoms with van der Waals surface area (Å²) in [6.07, 6.45) is 0. The topological polar surface area (TPSA) is 91.3 Å². The lowest BCUT2D eigenvalue weighted by atomic mass is 10.2. The first kappa shape index (κ1) is 16.2. The van der Waals surface area contributed by atoms with E-state index in [2.05, 4.69) is 10.2 Å². The minimum absolute atomic E-state index is 0.0654. The van der Waals surface area contributed by atoms with E-state index in [4.69, 9.17) is 32.4 Å². The first-order valence-corrected chi connectivity index (χ1v) is 7.43. The van der Waals surface area contributed by atoms with Gasteiger partial charge in [-0.25, -0.2) is 0 Å². The number of benzene rings is 2. The molecule has 0 aliphatic rings. The van der Waals surface area contributed by atoms with Gasteiger partial charge in [-0.2, -0.15) is 0 Å². The van der Waals surface area contributed by atoms with E-state index in [0.29, 0.717) is 16.5 Å². The summed E-state index contributed by atoms with van der Waals surface area (Å²) in [6, 6.07) is 11.0. The Morgan fingerprint density at radius 3 is 2.50 bits per heavy atom. The normalized spacial score (nSPS) is 10.6. The van der Waals surface area contributed by atoms with E-state index >= 15 is 0 Å². The predicted molar refractivity (Wildman–Crippen MR) is 87.2 cm³/mol. The van der Waals surface area contributed by atoms with Crippen molar-refractivity contribution in [3.05, 3.63) is 68.5 Å². The number of aromatic nitrogens is 2. The Morgan fingerprint density at radius 2 is 1.79 bits per heavy atom. The molecule has 0 saturated heterocycles. The van der Waals surface area contributed by atoms with Crippen LogP contribution in [-0.2, 0) is 6.61 Å². The molecule has 0 aliphatic heterocycles. The highest BCUT2D eigenvalue weighted by Gasteiger charge is 2.17. The van der Waals surface area contributed by atoms with Crippen LogP contribution in [-0.4, -0.2) is 15.1 Å². The fraction of sp³-hybridized carbons (Fsp3) is 0.0667. The Labute approximate surface area is 145 Å². The van der Waals surface area contributed by atoms with Crippen LogP contribution >= 0.6 is 23.2 Å². The molecule has 3 aromatic rings. The molecule has 24 heavy (non-hydrogen) atoms. The summed E-state index contributed by atoms with van der Waals surface area (Å²) in [5.74, 6) is 0.552. The molecule has 3 rings (SSSR count). The van der Waals surface area contributed by atoms with Gasteiger partial charge in [0.1, 0.15) is 0 Å². The van der Waals surface area contributed by atoms with Crippen LogP contribution in [0.1, 0.15) is 5.89 Å². The number of rotatable bonds is 5. The maximum absolute atomic E-state index is 11.0. The average molecular weight is 366 g/mol. The summed E-state index contributed by atoms with van der Waals surface area (Å²) >= 11 is 11.6. The van der Waals surface area contributed by atoms with Crippen molar-refractivity contribution in [1.82, 2.24) is 10.2 Å². The van der Waals surface area contributed by atoms with Crippen LogP contribution in [0.15, 0.2) is 46.9 Å². The largest absolute Gasteiger partial charge is 0.477 e. The van der Waals surface area contributed by atoms with Gasteiger partial charge in [-0.05, 0) is 36.4 Å². The zero-order chi connectivity index (χ0) is 17.1. The maximum atomic E-state index is 11.0. The Balaban J connectivity index is 1.74. The molecule has 0 unspecified atom stereocenters. The lowest BCUT2D eigenvalue weighted by Crippen LogP contribution is -1.99. The lowest BCUT2D eigenvalue weighted by Gasteiger charge is -2.04. The van der Waals surface area contributed by atoms with Crippen LogP contribution in [0.5, 0.6) is 5.75 Å². The Kier molecular flexibility index (Phi) is 4.64. The molecule has 0 spiro atoms. The number of halogens is 2. The third-order valence-corrected chi connectivity index (χ3v) is 3.51. The van der Waals surface area contributed by atoms with Gasteiger partial charge in [0.25, 0.3) is 5.89 Å². The van der Waals surface area contributed by atoms with Crippen molar-refractivity contribution < 1.29 is 14.1 Å². The van der Waals surface area contributed by atoms with Gasteiger partial charge in [0.2, 0.25) is 5.89 Å². The van der Waals surface area contributed by atoms with Crippen molar-refractivity contribution in [2.75, 3.05) is 0 Å². The molecule has 1 heterocycles. The lowest BCUT2D eigenvalue weighted by molar-refractivity contribution is -0.385. The molecule has 0 fully saturated rings. The number of ether oxygens (including phenoxy) is 1. The highest BCUT2D eigenvalue weighted by Crippen LogP contribution is 2.30. The quantitative estimate of drug-likeness (QED) is 0.487. The molecule has 122 valence electrons. The number of hydrogen-bond donors (Lipinski definition) is 0. The van der Waals surface area contributed by atoms with Crippen molar-refractivity contribution in [1.29, 1.82) is 0 Å². The van der Waals surface area contributed by atoms with Gasteiger partial charge in [-0.1, -0.05) is 23.2 Å². The third-order valence-electron chi connectivity index (χ3n) is 3.03. The second kappa shape index (κ2) is 6.86. The van der Waals surface area contributed by atoms with E-state index in [1.807, 2.05) is 0 Å². The maximum Gasteiger partial charge on any atom is 0.312 e. The van der Waals surface area contributed by atoms with Crippen molar-refractivity contribution in [2.45, 2.75) is 6.61 Å². The van der Waals surface area contributed by atoms with E-state index in [1.54, 1.807) is 24.3 Å². The van der Waals surface area contributed by atoms with Crippen molar-refractivity contribution >= 4 is 28.9 Å². The SMILES string of the molecule is O=[N+]([O-])c1cc(Cl)ccc1OCc1nnc(-c2ccc(Cl)cc2)o1. The van der Waals surface area contributed by atoms with E-state index < -0.39 is 4.92 Å². The monoisotopic (exact) mass is 365 g/mol. The summed E-state index contributed by atoms with van der Waals surface area (Å²) in [7, 11) is 0. The molecule has 9 heteroatoms. The third kappa shape index (κ3) is 3.64. The fourth-order valence-corrected chi connectivity index (χ4v) is 2.21. The van der Waals surface area contributed by atoms with E-state index in [1.165, 1.54) is 18.2 Å². The van der Waals surface area contributed by atoms with Gasteiger partial charge in [0, 0.05) is 21.7 Å². The second-order valence-corrected chi connectivity index (χ2v) is 5.54. The Hall–Kier alpha value is -2.64. The smallest absolute Gasteiger partial charge is 0.312 e. The molecule has 2 aromatic carbocycles. The van der Waals surface area contributed by atoms with Crippen molar-refractivity contribution in [3.8, 4) is 17.2 Å². The number of hydrogen-bond acceptors (Lipinski definition) is 6. The predicted octanol–water partition coefficient (Wildman–Crippen LogP) is 4.53. The van der Waals surface area contributed by atoms with Gasteiger partial charge in [-0.15, -0.1) is 10.2 Å². The summed E-state index contributed by atoms with van der Waals surface area (Å²) in [5.41, 5.74) is 0.468. The minimum atomic E-state index is -0.575. The number of nitro benzene ring substituents is 1. The Bertz CT molecular complexity index is 881. The van der Waals surface area contributed by atoms with Crippen LogP contribution in [0.3, 0.4) is 0 Å². The van der Waals surface area contributed by atoms with Gasteiger partial charge in [0.05, 0.1) is 4.92 Å². The highest BCUT2D eigenvalue weighted by atomic mass is 35.5. The van der Waals surface area contributed by atoms with Crippen LogP contribution in [0.25, 0.3) is 11.5 Å². The van der Waals surface area contributed by atoms with E-state index in [9.17, 15) is 10.1 Å². The molecule has 0 aliphatic carbocycles. The second-order valence-electron chi connectivity index (χ2n) is 4.67. The summed E-state index contributed by atoms with van der Waals surface area (Å²) in [4.78, 5) is 10.4. The molecule has 0 saturated carbocycles. The molecule has 0 amide bonds. The first-order chi connectivity index (χ1) is 11.5. The molecule has 1 aromatic heterocycles. The van der Waals surface area contributed by atoms with Gasteiger partial charge in [-0.3, -0.25) is 10.1 Å². The molecule has 7 nitrogen and oxygen atoms in total. The molecule has 0 N–H and O–H groups in total. The van der Waals surface area contributed by atoms with E-state index in [-0.39, 0.29) is 29.0 Å². The molecule has 0 atom stereocenters. The Morgan fingerprint density at radius 1 is 1.08 bits per heavy atom. The zero-order valence-electron chi connectivity index (χ0n) is 12.0. The summed E-state index contributed by atoms with van der Waals surface area (Å²) in [5, 5.41) is 19.6. The summed E-state index contributed by atoms with van der Waals surface area (Å²) in [6.45, 7) is -0.108. The van der Waals surface area contributed by atoms with Gasteiger partial charge in [0.15, 0.2) is 12.4 Å². The van der Waals surface area contributed by atoms with Crippen molar-refractivity contribution in [3.63, 3.8) is 0 Å². The summed E-state index contributed by atoms with van der Waals surface area (Å²) < 4.78 is 10.9. The van der Waals surface area contributed by atoms with Crippen LogP contribution in [0.2, 0.25) is 10.0 Å². The van der Waals surface area contributed by atoms with Crippen LogP contribution in [0.4, 0.5) is 5.69 Å². The number of nitrogens with zero attached hydrogens (tertiary/aromatic N) is 3.